The minimum Gasteiger partial charge on any atom is -0.493 e. The summed E-state index contributed by atoms with van der Waals surface area (Å²) in [5, 5.41) is 4.11. The molecule has 2 aromatic rings. The average molecular weight is 384 g/mol. The number of rotatable bonds is 4. The molecule has 7 nitrogen and oxygen atoms in total. The van der Waals surface area contributed by atoms with Crippen molar-refractivity contribution in [2.24, 2.45) is 7.05 Å². The third-order valence-corrected chi connectivity index (χ3v) is 5.97. The van der Waals surface area contributed by atoms with E-state index in [0.29, 0.717) is 11.6 Å². The third kappa shape index (κ3) is 3.58. The number of carbonyl (C=O) groups is 1. The van der Waals surface area contributed by atoms with E-state index >= 15 is 0 Å². The Bertz CT molecular complexity index is 855. The fourth-order valence-electron chi connectivity index (χ4n) is 4.37. The van der Waals surface area contributed by atoms with Crippen LogP contribution in [0.4, 0.5) is 0 Å². The molecule has 1 aromatic carbocycles. The van der Waals surface area contributed by atoms with Crippen LogP contribution in [0, 0.1) is 0 Å². The van der Waals surface area contributed by atoms with E-state index in [2.05, 4.69) is 22.1 Å². The maximum absolute atomic E-state index is 12.6. The first-order chi connectivity index (χ1) is 13.6. The second-order valence-electron chi connectivity index (χ2n) is 7.62. The number of likely N-dealkylation sites (tertiary alicyclic amines) is 1. The van der Waals surface area contributed by atoms with Crippen LogP contribution in [0.2, 0.25) is 0 Å². The van der Waals surface area contributed by atoms with Gasteiger partial charge < -0.3 is 14.4 Å². The summed E-state index contributed by atoms with van der Waals surface area (Å²) >= 11 is 0. The molecule has 0 spiro atoms. The molecule has 1 saturated heterocycles. The van der Waals surface area contributed by atoms with Gasteiger partial charge in [0, 0.05) is 45.5 Å². The van der Waals surface area contributed by atoms with Crippen LogP contribution in [0.5, 0.6) is 11.5 Å². The summed E-state index contributed by atoms with van der Waals surface area (Å²) < 4.78 is 12.6. The Kier molecular flexibility index (Phi) is 5.26. The molecule has 0 radical (unpaired) electrons. The summed E-state index contributed by atoms with van der Waals surface area (Å²) in [5.74, 6) is 1.68. The number of hydrogen-bond acceptors (Lipinski definition) is 5. The van der Waals surface area contributed by atoms with Gasteiger partial charge >= 0.3 is 0 Å². The van der Waals surface area contributed by atoms with Gasteiger partial charge in [-0.2, -0.15) is 5.10 Å². The first-order valence-electron chi connectivity index (χ1n) is 9.84. The molecule has 4 rings (SSSR count). The second-order valence-corrected chi connectivity index (χ2v) is 7.62. The second kappa shape index (κ2) is 7.83. The van der Waals surface area contributed by atoms with Gasteiger partial charge in [-0.3, -0.25) is 14.4 Å². The van der Waals surface area contributed by atoms with Crippen LogP contribution in [0.15, 0.2) is 24.5 Å². The number of aromatic nitrogens is 2. The maximum Gasteiger partial charge on any atom is 0.257 e. The summed E-state index contributed by atoms with van der Waals surface area (Å²) in [6.07, 6.45) is 6.48. The Morgan fingerprint density at radius 3 is 2.36 bits per heavy atom. The molecular formula is C21H28N4O3. The molecule has 0 N–H and O–H groups in total. The van der Waals surface area contributed by atoms with Crippen LogP contribution < -0.4 is 9.47 Å². The van der Waals surface area contributed by atoms with Gasteiger partial charge in [0.05, 0.1) is 26.0 Å². The molecule has 2 aliphatic heterocycles. The van der Waals surface area contributed by atoms with Crippen molar-refractivity contribution in [3.63, 3.8) is 0 Å². The van der Waals surface area contributed by atoms with E-state index in [-0.39, 0.29) is 5.91 Å². The summed E-state index contributed by atoms with van der Waals surface area (Å²) in [4.78, 5) is 17.1. The molecule has 0 saturated carbocycles. The number of methoxy groups -OCH3 is 2. The standard InChI is InChI=1S/C21H28N4O3/c1-23-13-17(12-22-23)21(26)24-8-5-18(6-9-24)25-7-4-15-10-19(27-2)20(28-3)11-16(15)14-25/h10-13,18H,4-9,14H2,1-3H3. The van der Waals surface area contributed by atoms with Gasteiger partial charge in [-0.25, -0.2) is 0 Å². The number of fused-ring (bicyclic) bond motifs is 1. The highest BCUT2D eigenvalue weighted by Gasteiger charge is 2.30. The Morgan fingerprint density at radius 1 is 1.07 bits per heavy atom. The van der Waals surface area contributed by atoms with E-state index in [4.69, 9.17) is 9.47 Å². The lowest BCUT2D eigenvalue weighted by Crippen LogP contribution is -2.48. The molecule has 3 heterocycles. The lowest BCUT2D eigenvalue weighted by atomic mass is 9.94. The van der Waals surface area contributed by atoms with Crippen molar-refractivity contribution in [1.82, 2.24) is 19.6 Å². The maximum atomic E-state index is 12.6. The highest BCUT2D eigenvalue weighted by molar-refractivity contribution is 5.93. The molecular weight excluding hydrogens is 356 g/mol. The van der Waals surface area contributed by atoms with Crippen LogP contribution in [0.25, 0.3) is 0 Å². The quantitative estimate of drug-likeness (QED) is 0.808. The zero-order valence-corrected chi connectivity index (χ0v) is 16.9. The summed E-state index contributed by atoms with van der Waals surface area (Å²) in [6.45, 7) is 3.57. The Labute approximate surface area is 165 Å². The normalized spacial score (nSPS) is 18.0. The summed E-state index contributed by atoms with van der Waals surface area (Å²) in [7, 11) is 5.20. The monoisotopic (exact) mass is 384 g/mol. The molecule has 0 bridgehead atoms. The molecule has 1 aromatic heterocycles. The van der Waals surface area contributed by atoms with Crippen LogP contribution in [-0.2, 0) is 20.0 Å². The minimum absolute atomic E-state index is 0.0902. The first kappa shape index (κ1) is 18.8. The van der Waals surface area contributed by atoms with Crippen molar-refractivity contribution in [2.45, 2.75) is 31.8 Å². The smallest absolute Gasteiger partial charge is 0.257 e. The van der Waals surface area contributed by atoms with E-state index in [1.165, 1.54) is 11.1 Å². The number of amides is 1. The number of nitrogens with zero attached hydrogens (tertiary/aromatic N) is 4. The van der Waals surface area contributed by atoms with E-state index in [0.717, 1.165) is 56.9 Å². The number of benzene rings is 1. The lowest BCUT2D eigenvalue weighted by molar-refractivity contribution is 0.0599. The molecule has 28 heavy (non-hydrogen) atoms. The Morgan fingerprint density at radius 2 is 1.75 bits per heavy atom. The number of piperidine rings is 1. The summed E-state index contributed by atoms with van der Waals surface area (Å²) in [5.41, 5.74) is 3.34. The number of ether oxygens (including phenoxy) is 2. The predicted molar refractivity (Wildman–Crippen MR) is 106 cm³/mol. The van der Waals surface area contributed by atoms with Gasteiger partial charge in [-0.1, -0.05) is 0 Å². The highest BCUT2D eigenvalue weighted by atomic mass is 16.5. The van der Waals surface area contributed by atoms with E-state index in [9.17, 15) is 4.79 Å². The molecule has 2 aliphatic rings. The number of aryl methyl sites for hydroxylation is 1. The molecule has 0 aliphatic carbocycles. The van der Waals surface area contributed by atoms with Crippen LogP contribution in [-0.4, -0.2) is 65.4 Å². The topological polar surface area (TPSA) is 59.8 Å². The van der Waals surface area contributed by atoms with Crippen molar-refractivity contribution in [3.8, 4) is 11.5 Å². The lowest BCUT2D eigenvalue weighted by Gasteiger charge is -2.40. The zero-order valence-electron chi connectivity index (χ0n) is 16.9. The van der Waals surface area contributed by atoms with Crippen molar-refractivity contribution in [3.05, 3.63) is 41.2 Å². The molecule has 150 valence electrons. The fraction of sp³-hybridized carbons (Fsp3) is 0.524. The minimum atomic E-state index is 0.0902. The number of carbonyl (C=O) groups excluding carboxylic acids is 1. The predicted octanol–water partition coefficient (Wildman–Crippen LogP) is 2.10. The van der Waals surface area contributed by atoms with Crippen LogP contribution in [0.1, 0.15) is 34.3 Å². The van der Waals surface area contributed by atoms with Crippen molar-refractivity contribution in [2.75, 3.05) is 33.9 Å². The van der Waals surface area contributed by atoms with Crippen molar-refractivity contribution >= 4 is 5.91 Å². The third-order valence-electron chi connectivity index (χ3n) is 5.97. The van der Waals surface area contributed by atoms with Crippen molar-refractivity contribution in [1.29, 1.82) is 0 Å². The molecule has 0 atom stereocenters. The largest absolute Gasteiger partial charge is 0.493 e. The van der Waals surface area contributed by atoms with E-state index < -0.39 is 0 Å². The van der Waals surface area contributed by atoms with Gasteiger partial charge in [-0.05, 0) is 42.5 Å². The molecule has 7 heteroatoms. The first-order valence-corrected chi connectivity index (χ1v) is 9.84. The zero-order chi connectivity index (χ0) is 19.7. The van der Waals surface area contributed by atoms with Crippen LogP contribution >= 0.6 is 0 Å². The molecule has 1 amide bonds. The van der Waals surface area contributed by atoms with Crippen LogP contribution in [0.3, 0.4) is 0 Å². The van der Waals surface area contributed by atoms with Gasteiger partial charge in [0.25, 0.3) is 5.91 Å². The van der Waals surface area contributed by atoms with Gasteiger partial charge in [-0.15, -0.1) is 0 Å². The van der Waals surface area contributed by atoms with Crippen molar-refractivity contribution < 1.29 is 14.3 Å². The Hall–Kier alpha value is -2.54. The number of hydrogen-bond donors (Lipinski definition) is 0. The Balaban J connectivity index is 1.39. The van der Waals surface area contributed by atoms with E-state index in [1.54, 1.807) is 31.3 Å². The highest BCUT2D eigenvalue weighted by Crippen LogP contribution is 2.34. The fourth-order valence-corrected chi connectivity index (χ4v) is 4.37. The SMILES string of the molecule is COc1cc2c(cc1OC)CN(C1CCN(C(=O)c3cnn(C)c3)CC1)CC2. The van der Waals surface area contributed by atoms with E-state index in [1.807, 2.05) is 11.9 Å². The molecule has 0 unspecified atom stereocenters. The average Bonchev–Trinajstić information content (AvgIpc) is 3.18. The summed E-state index contributed by atoms with van der Waals surface area (Å²) in [6, 6.07) is 4.74. The van der Waals surface area contributed by atoms with Gasteiger partial charge in [0.2, 0.25) is 0 Å². The van der Waals surface area contributed by atoms with Gasteiger partial charge in [0.1, 0.15) is 0 Å². The van der Waals surface area contributed by atoms with Gasteiger partial charge in [0.15, 0.2) is 11.5 Å². The molecule has 1 fully saturated rings.